The Kier molecular flexibility index (Phi) is 9.62. The maximum absolute atomic E-state index is 13.0. The minimum Gasteiger partial charge on any atom is -0.455 e. The van der Waals surface area contributed by atoms with Gasteiger partial charge in [-0.15, -0.1) is 11.3 Å². The van der Waals surface area contributed by atoms with E-state index in [1.54, 1.807) is 29.9 Å². The van der Waals surface area contributed by atoms with Crippen molar-refractivity contribution in [3.63, 3.8) is 0 Å². The van der Waals surface area contributed by atoms with Crippen LogP contribution in [0.15, 0.2) is 55.0 Å². The van der Waals surface area contributed by atoms with Gasteiger partial charge in [-0.1, -0.05) is 6.08 Å². The Balaban J connectivity index is 1.06. The van der Waals surface area contributed by atoms with Gasteiger partial charge in [0.2, 0.25) is 5.91 Å². The first-order valence-electron chi connectivity index (χ1n) is 15.2. The number of fused-ring (bicyclic) bond motifs is 3. The number of hydrogen-bond donors (Lipinski definition) is 2. The third-order valence-electron chi connectivity index (χ3n) is 8.25. The van der Waals surface area contributed by atoms with Gasteiger partial charge in [-0.3, -0.25) is 9.78 Å². The molecule has 1 aromatic carbocycles. The maximum atomic E-state index is 13.0. The lowest BCUT2D eigenvalue weighted by Gasteiger charge is -2.28. The van der Waals surface area contributed by atoms with Gasteiger partial charge >= 0.3 is 6.61 Å². The average molecular weight is 635 g/mol. The van der Waals surface area contributed by atoms with Gasteiger partial charge in [-0.25, -0.2) is 9.97 Å². The van der Waals surface area contributed by atoms with E-state index in [4.69, 9.17) is 4.74 Å². The molecule has 4 heterocycles. The molecular formula is C33H36F2N6O3S. The molecule has 6 rings (SSSR count). The lowest BCUT2D eigenvalue weighted by atomic mass is 9.93. The molecule has 0 saturated heterocycles. The quantitative estimate of drug-likeness (QED) is 0.183. The molecule has 1 fully saturated rings. The minimum absolute atomic E-state index is 0.0300. The Morgan fingerprint density at radius 3 is 2.73 bits per heavy atom. The zero-order valence-electron chi connectivity index (χ0n) is 25.3. The molecule has 0 atom stereocenters. The van der Waals surface area contributed by atoms with Crippen LogP contribution in [0.3, 0.4) is 0 Å². The highest BCUT2D eigenvalue weighted by atomic mass is 32.1. The second-order valence-corrected chi connectivity index (χ2v) is 12.5. The van der Waals surface area contributed by atoms with Crippen molar-refractivity contribution in [1.29, 1.82) is 0 Å². The number of halogens is 2. The highest BCUT2D eigenvalue weighted by molar-refractivity contribution is 7.19. The molecule has 1 amide bonds. The van der Waals surface area contributed by atoms with Crippen LogP contribution in [0.5, 0.6) is 11.5 Å². The number of nitrogens with one attached hydrogen (secondary N) is 2. The predicted molar refractivity (Wildman–Crippen MR) is 170 cm³/mol. The number of alkyl halides is 2. The van der Waals surface area contributed by atoms with Gasteiger partial charge in [0.15, 0.2) is 0 Å². The normalized spacial score (nSPS) is 18.5. The fraction of sp³-hybridized carbons (Fsp3) is 0.394. The van der Waals surface area contributed by atoms with E-state index < -0.39 is 6.61 Å². The molecule has 1 saturated carbocycles. The van der Waals surface area contributed by atoms with Crippen LogP contribution in [0.1, 0.15) is 47.4 Å². The van der Waals surface area contributed by atoms with Crippen LogP contribution in [0.2, 0.25) is 0 Å². The van der Waals surface area contributed by atoms with Crippen LogP contribution < -0.4 is 15.4 Å². The van der Waals surface area contributed by atoms with Gasteiger partial charge in [0.05, 0.1) is 24.2 Å². The highest BCUT2D eigenvalue weighted by Crippen LogP contribution is 2.38. The molecule has 1 aliphatic carbocycles. The number of thiophene rings is 1. The summed E-state index contributed by atoms with van der Waals surface area (Å²) >= 11 is 1.60. The van der Waals surface area contributed by atoms with E-state index >= 15 is 0 Å². The molecule has 0 unspecified atom stereocenters. The van der Waals surface area contributed by atoms with E-state index in [-0.39, 0.29) is 18.1 Å². The molecule has 1 aliphatic heterocycles. The fourth-order valence-corrected chi connectivity index (χ4v) is 7.08. The minimum atomic E-state index is -2.71. The largest absolute Gasteiger partial charge is 0.455 e. The van der Waals surface area contributed by atoms with Crippen molar-refractivity contribution >= 4 is 39.0 Å². The first-order chi connectivity index (χ1) is 21.8. The van der Waals surface area contributed by atoms with E-state index in [0.29, 0.717) is 38.2 Å². The number of benzene rings is 1. The molecule has 2 N–H and O–H groups in total. The molecule has 45 heavy (non-hydrogen) atoms. The average Bonchev–Trinajstić information content (AvgIpc) is 3.41. The summed E-state index contributed by atoms with van der Waals surface area (Å²) in [6.07, 6.45) is 9.89. The number of ether oxygens (including phenoxy) is 2. The molecular weight excluding hydrogens is 598 g/mol. The van der Waals surface area contributed by atoms with Crippen LogP contribution in [0.25, 0.3) is 10.2 Å². The third-order valence-corrected chi connectivity index (χ3v) is 9.38. The topological polar surface area (TPSA) is 102 Å². The molecule has 236 valence electrons. The van der Waals surface area contributed by atoms with Crippen LogP contribution in [0.4, 0.5) is 20.3 Å². The standard InChI is InChI=1S/C33H36F2N6O3S/c1-20-16-23(8-12-27(20)43-25-9-5-21(2)37-17-25)40-31-30-26-13-15-41(18-28(26)45-32(30)39-19-38-31)29(42)4-3-14-36-22-6-10-24(11-7-22)44-33(34)35/h3-5,8-9,12,16-17,19,22,24,33,36H,6-7,10-11,13-15,18H2,1-2H3,(H,38,39,40)/b4-3+. The van der Waals surface area contributed by atoms with Gasteiger partial charge in [-0.05, 0) is 87.4 Å². The summed E-state index contributed by atoms with van der Waals surface area (Å²) in [6, 6.07) is 9.99. The number of rotatable bonds is 10. The molecule has 2 aliphatic rings. The molecule has 4 aromatic rings. The predicted octanol–water partition coefficient (Wildman–Crippen LogP) is 6.82. The summed E-state index contributed by atoms with van der Waals surface area (Å²) < 4.78 is 35.5. The summed E-state index contributed by atoms with van der Waals surface area (Å²) in [5, 5.41) is 7.88. The summed E-state index contributed by atoms with van der Waals surface area (Å²) in [5.41, 5.74) is 3.98. The number of carbonyl (C=O) groups excluding carboxylic acids is 1. The number of pyridine rings is 1. The Labute approximate surface area is 264 Å². The van der Waals surface area contributed by atoms with Gasteiger partial charge in [0.1, 0.15) is 28.5 Å². The molecule has 0 bridgehead atoms. The van der Waals surface area contributed by atoms with Crippen molar-refractivity contribution in [2.45, 2.75) is 71.3 Å². The SMILES string of the molecule is Cc1ccc(Oc2ccc(Nc3ncnc4sc5c(c34)CCN(C(=O)/C=C/CNC3CCC(OC(F)F)CC3)C5)cc2C)cn1. The molecule has 12 heteroatoms. The summed E-state index contributed by atoms with van der Waals surface area (Å²) in [6.45, 7) is 2.92. The lowest BCUT2D eigenvalue weighted by Crippen LogP contribution is -2.36. The van der Waals surface area contributed by atoms with Crippen molar-refractivity contribution in [2.24, 2.45) is 0 Å². The highest BCUT2D eigenvalue weighted by Gasteiger charge is 2.26. The molecule has 9 nitrogen and oxygen atoms in total. The maximum Gasteiger partial charge on any atom is 0.345 e. The van der Waals surface area contributed by atoms with Gasteiger partial charge < -0.3 is 25.0 Å². The zero-order chi connectivity index (χ0) is 31.3. The number of anilines is 2. The number of hydrogen-bond acceptors (Lipinski definition) is 9. The lowest BCUT2D eigenvalue weighted by molar-refractivity contribution is -0.170. The van der Waals surface area contributed by atoms with Gasteiger partial charge in [-0.2, -0.15) is 8.78 Å². The van der Waals surface area contributed by atoms with Crippen LogP contribution in [-0.2, 0) is 22.5 Å². The van der Waals surface area contributed by atoms with Crippen LogP contribution >= 0.6 is 11.3 Å². The fourth-order valence-electron chi connectivity index (χ4n) is 5.88. The smallest absolute Gasteiger partial charge is 0.345 e. The summed E-state index contributed by atoms with van der Waals surface area (Å²) in [7, 11) is 0. The van der Waals surface area contributed by atoms with E-state index in [2.05, 4.69) is 30.3 Å². The third kappa shape index (κ3) is 7.63. The van der Waals surface area contributed by atoms with Crippen LogP contribution in [0, 0.1) is 13.8 Å². The van der Waals surface area contributed by atoms with Crippen molar-refractivity contribution in [3.8, 4) is 11.5 Å². The van der Waals surface area contributed by atoms with E-state index in [1.165, 1.54) is 5.56 Å². The molecule has 3 aromatic heterocycles. The van der Waals surface area contributed by atoms with Gasteiger partial charge in [0.25, 0.3) is 0 Å². The van der Waals surface area contributed by atoms with Crippen molar-refractivity contribution in [3.05, 3.63) is 76.7 Å². The summed E-state index contributed by atoms with van der Waals surface area (Å²) in [4.78, 5) is 30.3. The monoisotopic (exact) mass is 634 g/mol. The number of nitrogens with zero attached hydrogens (tertiary/aromatic N) is 4. The van der Waals surface area contributed by atoms with Crippen LogP contribution in [-0.4, -0.2) is 57.6 Å². The van der Waals surface area contributed by atoms with E-state index in [0.717, 1.165) is 62.9 Å². The Morgan fingerprint density at radius 1 is 1.13 bits per heavy atom. The van der Waals surface area contributed by atoms with E-state index in [1.807, 2.05) is 55.2 Å². The zero-order valence-corrected chi connectivity index (χ0v) is 26.1. The Morgan fingerprint density at radius 2 is 1.98 bits per heavy atom. The summed E-state index contributed by atoms with van der Waals surface area (Å²) in [5.74, 6) is 2.16. The van der Waals surface area contributed by atoms with Crippen molar-refractivity contribution in [1.82, 2.24) is 25.2 Å². The Bertz CT molecular complexity index is 1670. The number of aromatic nitrogens is 3. The number of aryl methyl sites for hydroxylation is 2. The second kappa shape index (κ2) is 14.0. The molecule has 0 radical (unpaired) electrons. The number of carbonyl (C=O) groups is 1. The van der Waals surface area contributed by atoms with Crippen molar-refractivity contribution in [2.75, 3.05) is 18.4 Å². The van der Waals surface area contributed by atoms with E-state index in [9.17, 15) is 13.6 Å². The second-order valence-electron chi connectivity index (χ2n) is 11.4. The number of amides is 1. The molecule has 0 spiro atoms. The Hall–Kier alpha value is -4.00. The first-order valence-corrected chi connectivity index (χ1v) is 16.0. The van der Waals surface area contributed by atoms with Gasteiger partial charge in [0, 0.05) is 41.5 Å². The first kappa shape index (κ1) is 31.0. The van der Waals surface area contributed by atoms with Crippen molar-refractivity contribution < 1.29 is 23.0 Å².